The zero-order chi connectivity index (χ0) is 32.4. The molecule has 8 bridgehead atoms. The van der Waals surface area contributed by atoms with Crippen molar-refractivity contribution in [2.75, 3.05) is 13.7 Å². The molecule has 0 amide bonds. The van der Waals surface area contributed by atoms with Crippen LogP contribution in [0.2, 0.25) is 0 Å². The molecule has 0 fully saturated rings. The highest BCUT2D eigenvalue weighted by Crippen LogP contribution is 2.37. The molecule has 3 N–H and O–H groups in total. The van der Waals surface area contributed by atoms with E-state index >= 15 is 0 Å². The first-order valence-corrected chi connectivity index (χ1v) is 15.2. The van der Waals surface area contributed by atoms with Crippen molar-refractivity contribution in [3.63, 3.8) is 0 Å². The van der Waals surface area contributed by atoms with Gasteiger partial charge in [-0.2, -0.15) is 0 Å². The van der Waals surface area contributed by atoms with Crippen molar-refractivity contribution in [1.29, 1.82) is 0 Å². The van der Waals surface area contributed by atoms with Crippen LogP contribution in [0.25, 0.3) is 50.4 Å². The van der Waals surface area contributed by atoms with Crippen molar-refractivity contribution in [2.45, 2.75) is 66.4 Å². The van der Waals surface area contributed by atoms with E-state index in [1.165, 1.54) is 7.11 Å². The number of carbonyl (C=O) groups excluding carboxylic acids is 2. The number of allylic oxidation sites excluding steroid dienone is 3. The minimum Gasteiger partial charge on any atom is -0.469 e. The third-order valence-corrected chi connectivity index (χ3v) is 8.82. The number of methoxy groups -OCH3 is 1. The summed E-state index contributed by atoms with van der Waals surface area (Å²) in [5, 5.41) is 10.8. The van der Waals surface area contributed by atoms with E-state index in [9.17, 15) is 14.7 Å². The van der Waals surface area contributed by atoms with Crippen LogP contribution >= 0.6 is 0 Å². The molecule has 2 aliphatic heterocycles. The summed E-state index contributed by atoms with van der Waals surface area (Å²) >= 11 is 0. The summed E-state index contributed by atoms with van der Waals surface area (Å²) in [4.78, 5) is 40.2. The molecule has 0 saturated carbocycles. The smallest absolute Gasteiger partial charge is 0.305 e. The van der Waals surface area contributed by atoms with Crippen LogP contribution in [0, 0.1) is 13.8 Å². The Labute approximate surface area is 262 Å². The van der Waals surface area contributed by atoms with Gasteiger partial charge in [-0.05, 0) is 112 Å². The van der Waals surface area contributed by atoms with Gasteiger partial charge in [-0.15, -0.1) is 0 Å². The number of aromatic amines is 2. The van der Waals surface area contributed by atoms with E-state index in [2.05, 4.69) is 36.5 Å². The lowest BCUT2D eigenvalue weighted by atomic mass is 10.00. The van der Waals surface area contributed by atoms with Gasteiger partial charge in [-0.1, -0.05) is 12.7 Å². The van der Waals surface area contributed by atoms with Crippen molar-refractivity contribution in [1.82, 2.24) is 19.9 Å². The van der Waals surface area contributed by atoms with Crippen LogP contribution in [-0.4, -0.2) is 57.3 Å². The van der Waals surface area contributed by atoms with Gasteiger partial charge in [0.15, 0.2) is 0 Å². The average molecular weight is 609 g/mol. The third kappa shape index (κ3) is 6.13. The molecule has 9 nitrogen and oxygen atoms in total. The number of aliphatic hydroxyl groups is 1. The second kappa shape index (κ2) is 13.1. The molecule has 9 heteroatoms. The maximum Gasteiger partial charge on any atom is 0.305 e. The van der Waals surface area contributed by atoms with Gasteiger partial charge in [0, 0.05) is 39.6 Å². The van der Waals surface area contributed by atoms with Crippen LogP contribution < -0.4 is 0 Å². The Kier molecular flexibility index (Phi) is 9.20. The molecule has 0 spiro atoms. The Morgan fingerprint density at radius 1 is 0.911 bits per heavy atom. The van der Waals surface area contributed by atoms with Crippen LogP contribution in [0.5, 0.6) is 0 Å². The zero-order valence-electron chi connectivity index (χ0n) is 26.8. The van der Waals surface area contributed by atoms with Crippen molar-refractivity contribution >= 4 is 62.9 Å². The highest BCUT2D eigenvalue weighted by atomic mass is 16.5. The molecule has 5 heterocycles. The van der Waals surface area contributed by atoms with Gasteiger partial charge in [0.25, 0.3) is 6.47 Å². The van der Waals surface area contributed by atoms with Gasteiger partial charge in [0.05, 0.1) is 42.6 Å². The summed E-state index contributed by atoms with van der Waals surface area (Å²) in [6.45, 7) is 14.7. The molecule has 2 aliphatic rings. The fraction of sp³-hybridized carbons (Fsp3) is 0.333. The summed E-state index contributed by atoms with van der Waals surface area (Å²) in [7, 11) is 1.39. The van der Waals surface area contributed by atoms with Crippen LogP contribution in [0.4, 0.5) is 0 Å². The number of ether oxygens (including phenoxy) is 2. The number of nitrogens with zero attached hydrogens (tertiary/aromatic N) is 2. The Morgan fingerprint density at radius 2 is 1.53 bits per heavy atom. The van der Waals surface area contributed by atoms with Crippen molar-refractivity contribution in [2.24, 2.45) is 0 Å². The first-order chi connectivity index (χ1) is 21.6. The van der Waals surface area contributed by atoms with Gasteiger partial charge < -0.3 is 24.5 Å². The van der Waals surface area contributed by atoms with Gasteiger partial charge >= 0.3 is 5.97 Å². The van der Waals surface area contributed by atoms with Crippen LogP contribution in [0.3, 0.4) is 0 Å². The molecule has 1 atom stereocenters. The number of fused-ring (bicyclic) bond motifs is 8. The highest BCUT2D eigenvalue weighted by molar-refractivity contribution is 5.96. The summed E-state index contributed by atoms with van der Waals surface area (Å²) < 4.78 is 9.92. The largest absolute Gasteiger partial charge is 0.469 e. The summed E-state index contributed by atoms with van der Waals surface area (Å²) in [5.74, 6) is -0.287. The van der Waals surface area contributed by atoms with E-state index in [4.69, 9.17) is 19.4 Å². The number of hydrogen-bond acceptors (Lipinski definition) is 7. The average Bonchev–Trinajstić information content (AvgIpc) is 3.67. The fourth-order valence-electron chi connectivity index (χ4n) is 6.28. The topological polar surface area (TPSA) is 130 Å². The number of aromatic nitrogens is 4. The standard InChI is InChI=1S/C36H40N4O5/c1-8-24-19(2)27-14-28-20(3)25(10-9-13-45-18-41)32(38-28)17-33-26(11-12-35(43)44-7)21(4)29(39-33)16-34-36(23(6)42)22(5)30(40-34)15-31(24)37-27/h8,14-18,23,37,39,42H,1,9-13H2,2-7H3. The number of nitrogens with one attached hydrogen (secondary N) is 2. The SMILES string of the molecule is C=Cc1c(C)c2cc3nc(cc4[nH]c(cc5nc(cc1[nH]2)C(C)=C5C(C)O)c(C)c4CCC(=O)OC)C(CCCOC=O)=C3C. The molecule has 0 aromatic carbocycles. The molecular weight excluding hydrogens is 568 g/mol. The van der Waals surface area contributed by atoms with E-state index in [1.54, 1.807) is 6.92 Å². The van der Waals surface area contributed by atoms with E-state index < -0.39 is 6.10 Å². The minimum absolute atomic E-state index is 0.226. The Balaban J connectivity index is 1.89. The molecule has 234 valence electrons. The van der Waals surface area contributed by atoms with E-state index in [0.29, 0.717) is 38.0 Å². The summed E-state index contributed by atoms with van der Waals surface area (Å²) in [5.41, 5.74) is 14.2. The number of carbonyl (C=O) groups is 2. The minimum atomic E-state index is -0.735. The predicted molar refractivity (Wildman–Crippen MR) is 179 cm³/mol. The Morgan fingerprint density at radius 3 is 2.22 bits per heavy atom. The third-order valence-electron chi connectivity index (χ3n) is 8.82. The molecule has 1 unspecified atom stereocenters. The molecule has 0 aliphatic carbocycles. The monoisotopic (exact) mass is 608 g/mol. The highest BCUT2D eigenvalue weighted by Gasteiger charge is 2.23. The molecule has 0 radical (unpaired) electrons. The van der Waals surface area contributed by atoms with E-state index in [1.807, 2.05) is 38.1 Å². The van der Waals surface area contributed by atoms with E-state index in [-0.39, 0.29) is 12.4 Å². The van der Waals surface area contributed by atoms with Gasteiger partial charge in [-0.25, -0.2) is 9.97 Å². The quantitative estimate of drug-likeness (QED) is 0.130. The summed E-state index contributed by atoms with van der Waals surface area (Å²) in [6.07, 6.45) is 3.12. The maximum absolute atomic E-state index is 12.2. The molecule has 0 saturated heterocycles. The zero-order valence-corrected chi connectivity index (χ0v) is 26.8. The van der Waals surface area contributed by atoms with Crippen LogP contribution in [0.15, 0.2) is 30.8 Å². The molecule has 3 aromatic heterocycles. The Hall–Kier alpha value is -4.76. The van der Waals surface area contributed by atoms with Gasteiger partial charge in [0.2, 0.25) is 0 Å². The van der Waals surface area contributed by atoms with Gasteiger partial charge in [-0.3, -0.25) is 9.59 Å². The lowest BCUT2D eigenvalue weighted by Gasteiger charge is -2.07. The van der Waals surface area contributed by atoms with Crippen molar-refractivity contribution in [3.05, 3.63) is 75.9 Å². The van der Waals surface area contributed by atoms with Crippen molar-refractivity contribution in [3.8, 4) is 0 Å². The number of aliphatic hydroxyl groups excluding tert-OH is 1. The number of aryl methyl sites for hydroxylation is 3. The normalized spacial score (nSPS) is 13.7. The second-order valence-electron chi connectivity index (χ2n) is 11.6. The second-order valence-corrected chi connectivity index (χ2v) is 11.6. The lowest BCUT2D eigenvalue weighted by molar-refractivity contribution is -0.140. The summed E-state index contributed by atoms with van der Waals surface area (Å²) in [6, 6.07) is 8.05. The van der Waals surface area contributed by atoms with Crippen LogP contribution in [-0.2, 0) is 25.5 Å². The number of rotatable bonds is 10. The number of hydrogen-bond donors (Lipinski definition) is 3. The number of esters is 1. The lowest BCUT2D eigenvalue weighted by Crippen LogP contribution is -2.03. The maximum atomic E-state index is 12.2. The molecule has 45 heavy (non-hydrogen) atoms. The number of H-pyrrole nitrogens is 2. The Bertz CT molecular complexity index is 1920. The van der Waals surface area contributed by atoms with E-state index in [0.717, 1.165) is 83.7 Å². The molecule has 5 rings (SSSR count). The van der Waals surface area contributed by atoms with Gasteiger partial charge in [0.1, 0.15) is 0 Å². The predicted octanol–water partition coefficient (Wildman–Crippen LogP) is 6.88. The fourth-order valence-corrected chi connectivity index (χ4v) is 6.28. The molecule has 3 aromatic rings. The molecular formula is C36H40N4O5. The van der Waals surface area contributed by atoms with Crippen LogP contribution in [0.1, 0.15) is 85.1 Å². The van der Waals surface area contributed by atoms with Crippen molar-refractivity contribution < 1.29 is 24.2 Å². The first kappa shape index (κ1) is 31.7. The first-order valence-electron chi connectivity index (χ1n) is 15.2.